The number of allylic oxidation sites excluding steroid dienone is 2. The van der Waals surface area contributed by atoms with Gasteiger partial charge in [0.05, 0.1) is 6.61 Å². The van der Waals surface area contributed by atoms with Gasteiger partial charge in [-0.05, 0) is 42.4 Å². The highest BCUT2D eigenvalue weighted by Gasteiger charge is 2.45. The molecule has 0 N–H and O–H groups in total. The number of hydrogen-bond acceptors (Lipinski definition) is 5. The minimum Gasteiger partial charge on any atom is -0.489 e. The standard InChI is InChI=1S/C34H35NO4/c1-22(2)20-39-34(37)31-23(3)35-28-18-26(25-14-8-5-9-15-25)19-29(36)33(28)32(31)27-16-10-11-17-30(27)38-21-24-12-6-4-7-13-24/h4-17,22,26,31-32H,18-21H2,1-3H3/t26-,31?,32-/m1/s1. The molecule has 3 atom stereocenters. The molecule has 0 saturated carbocycles. The molecule has 0 amide bonds. The van der Waals surface area contributed by atoms with Gasteiger partial charge in [0.2, 0.25) is 0 Å². The van der Waals surface area contributed by atoms with Crippen molar-refractivity contribution in [2.45, 2.75) is 52.1 Å². The van der Waals surface area contributed by atoms with Crippen LogP contribution in [0.1, 0.15) is 62.1 Å². The molecule has 3 aromatic rings. The largest absolute Gasteiger partial charge is 0.489 e. The van der Waals surface area contributed by atoms with Gasteiger partial charge in [-0.1, -0.05) is 92.7 Å². The Bertz CT molecular complexity index is 1390. The fourth-order valence-electron chi connectivity index (χ4n) is 5.60. The zero-order chi connectivity index (χ0) is 27.4. The number of para-hydroxylation sites is 1. The molecule has 5 rings (SSSR count). The van der Waals surface area contributed by atoms with Crippen LogP contribution in [0.3, 0.4) is 0 Å². The van der Waals surface area contributed by atoms with Crippen molar-refractivity contribution in [2.24, 2.45) is 16.8 Å². The van der Waals surface area contributed by atoms with Gasteiger partial charge in [0.15, 0.2) is 5.78 Å². The normalized spacial score (nSPS) is 20.9. The number of Topliss-reactive ketones (excluding diaryl/α,β-unsaturated/α-hetero) is 1. The van der Waals surface area contributed by atoms with Crippen molar-refractivity contribution in [3.63, 3.8) is 0 Å². The first-order valence-electron chi connectivity index (χ1n) is 13.7. The van der Waals surface area contributed by atoms with Crippen molar-refractivity contribution in [2.75, 3.05) is 6.61 Å². The van der Waals surface area contributed by atoms with E-state index in [9.17, 15) is 9.59 Å². The van der Waals surface area contributed by atoms with Gasteiger partial charge in [-0.25, -0.2) is 0 Å². The summed E-state index contributed by atoms with van der Waals surface area (Å²) in [6.45, 7) is 6.60. The Hall–Kier alpha value is -3.99. The molecule has 1 heterocycles. The first kappa shape index (κ1) is 26.6. The predicted molar refractivity (Wildman–Crippen MR) is 153 cm³/mol. The van der Waals surface area contributed by atoms with Gasteiger partial charge in [0.25, 0.3) is 0 Å². The number of carbonyl (C=O) groups excluding carboxylic acids is 2. The topological polar surface area (TPSA) is 65.0 Å². The molecular weight excluding hydrogens is 486 g/mol. The Labute approximate surface area is 230 Å². The lowest BCUT2D eigenvalue weighted by Gasteiger charge is -2.37. The van der Waals surface area contributed by atoms with E-state index in [1.807, 2.05) is 93.6 Å². The summed E-state index contributed by atoms with van der Waals surface area (Å²) in [7, 11) is 0. The molecule has 5 heteroatoms. The molecule has 0 spiro atoms. The van der Waals surface area contributed by atoms with E-state index in [0.29, 0.717) is 43.1 Å². The summed E-state index contributed by atoms with van der Waals surface area (Å²) >= 11 is 0. The number of benzene rings is 3. The Morgan fingerprint density at radius 1 is 0.923 bits per heavy atom. The van der Waals surface area contributed by atoms with Crippen molar-refractivity contribution >= 4 is 17.5 Å². The molecule has 39 heavy (non-hydrogen) atoms. The molecule has 0 saturated heterocycles. The maximum Gasteiger partial charge on any atom is 0.315 e. The van der Waals surface area contributed by atoms with E-state index in [-0.39, 0.29) is 23.6 Å². The van der Waals surface area contributed by atoms with Gasteiger partial charge in [-0.3, -0.25) is 14.6 Å². The summed E-state index contributed by atoms with van der Waals surface area (Å²) < 4.78 is 12.1. The smallest absolute Gasteiger partial charge is 0.315 e. The van der Waals surface area contributed by atoms with Crippen molar-refractivity contribution < 1.29 is 19.1 Å². The van der Waals surface area contributed by atoms with Crippen molar-refractivity contribution in [1.29, 1.82) is 0 Å². The maximum absolute atomic E-state index is 13.9. The molecule has 0 fully saturated rings. The summed E-state index contributed by atoms with van der Waals surface area (Å²) in [5.74, 6) is -0.610. The van der Waals surface area contributed by atoms with Crippen LogP contribution in [0.2, 0.25) is 0 Å². The average Bonchev–Trinajstić information content (AvgIpc) is 2.95. The van der Waals surface area contributed by atoms with E-state index in [2.05, 4.69) is 12.1 Å². The van der Waals surface area contributed by atoms with E-state index in [0.717, 1.165) is 22.4 Å². The van der Waals surface area contributed by atoms with Gasteiger partial charge in [0.1, 0.15) is 18.3 Å². The monoisotopic (exact) mass is 521 g/mol. The molecule has 0 aromatic heterocycles. The Morgan fingerprint density at radius 2 is 1.59 bits per heavy atom. The molecule has 3 aromatic carbocycles. The summed E-state index contributed by atoms with van der Waals surface area (Å²) in [4.78, 5) is 32.4. The number of rotatable bonds is 8. The number of carbonyl (C=O) groups is 2. The van der Waals surface area contributed by atoms with Crippen molar-refractivity contribution in [1.82, 2.24) is 0 Å². The van der Waals surface area contributed by atoms with Crippen LogP contribution in [0.4, 0.5) is 0 Å². The van der Waals surface area contributed by atoms with E-state index >= 15 is 0 Å². The maximum atomic E-state index is 13.9. The lowest BCUT2D eigenvalue weighted by Crippen LogP contribution is -2.38. The number of ether oxygens (including phenoxy) is 2. The van der Waals surface area contributed by atoms with Crippen LogP contribution in [-0.4, -0.2) is 24.1 Å². The third-order valence-corrected chi connectivity index (χ3v) is 7.46. The second kappa shape index (κ2) is 11.8. The van der Waals surface area contributed by atoms with Crippen LogP contribution < -0.4 is 4.74 Å². The lowest BCUT2D eigenvalue weighted by atomic mass is 9.69. The Kier molecular flexibility index (Phi) is 8.06. The number of esters is 1. The van der Waals surface area contributed by atoms with Gasteiger partial charge in [-0.2, -0.15) is 0 Å². The van der Waals surface area contributed by atoms with Crippen LogP contribution in [0.25, 0.3) is 0 Å². The minimum absolute atomic E-state index is 0.0332. The first-order valence-corrected chi connectivity index (χ1v) is 13.7. The van der Waals surface area contributed by atoms with E-state index < -0.39 is 11.8 Å². The molecule has 1 aliphatic carbocycles. The minimum atomic E-state index is -0.693. The third kappa shape index (κ3) is 5.88. The second-order valence-electron chi connectivity index (χ2n) is 10.8. The van der Waals surface area contributed by atoms with Crippen LogP contribution in [-0.2, 0) is 20.9 Å². The van der Waals surface area contributed by atoms with Gasteiger partial charge >= 0.3 is 5.97 Å². The molecule has 1 aliphatic heterocycles. The second-order valence-corrected chi connectivity index (χ2v) is 10.8. The van der Waals surface area contributed by atoms with E-state index in [1.54, 1.807) is 0 Å². The number of aliphatic imine (C=N–C) groups is 1. The molecule has 1 unspecified atom stereocenters. The van der Waals surface area contributed by atoms with Gasteiger partial charge in [-0.15, -0.1) is 0 Å². The number of ketones is 1. The molecule has 0 radical (unpaired) electrons. The highest BCUT2D eigenvalue weighted by Crippen LogP contribution is 2.48. The van der Waals surface area contributed by atoms with Crippen molar-refractivity contribution in [3.05, 3.63) is 113 Å². The average molecular weight is 522 g/mol. The highest BCUT2D eigenvalue weighted by molar-refractivity contribution is 6.09. The first-order chi connectivity index (χ1) is 18.9. The number of hydrogen-bond donors (Lipinski definition) is 0. The fraction of sp³-hybridized carbons (Fsp3) is 0.324. The zero-order valence-electron chi connectivity index (χ0n) is 22.8. The van der Waals surface area contributed by atoms with E-state index in [4.69, 9.17) is 14.5 Å². The van der Waals surface area contributed by atoms with Crippen LogP contribution in [0, 0.1) is 11.8 Å². The Morgan fingerprint density at radius 3 is 2.31 bits per heavy atom. The quantitative estimate of drug-likeness (QED) is 0.298. The molecule has 0 bridgehead atoms. The summed E-state index contributed by atoms with van der Waals surface area (Å²) in [6.07, 6.45) is 1.04. The van der Waals surface area contributed by atoms with Crippen LogP contribution >= 0.6 is 0 Å². The molecule has 2 aliphatic rings. The van der Waals surface area contributed by atoms with Crippen molar-refractivity contribution in [3.8, 4) is 5.75 Å². The Balaban J connectivity index is 1.56. The SMILES string of the molecule is CC1=NC2=C(C(=O)C[C@H](c3ccccc3)C2)[C@H](c2ccccc2OCc2ccccc2)C1C(=O)OCC(C)C. The molecule has 200 valence electrons. The zero-order valence-corrected chi connectivity index (χ0v) is 22.8. The fourth-order valence-corrected chi connectivity index (χ4v) is 5.60. The molecule has 5 nitrogen and oxygen atoms in total. The summed E-state index contributed by atoms with van der Waals surface area (Å²) in [6, 6.07) is 27.8. The number of nitrogens with zero attached hydrogens (tertiary/aromatic N) is 1. The van der Waals surface area contributed by atoms with E-state index in [1.165, 1.54) is 0 Å². The summed E-state index contributed by atoms with van der Waals surface area (Å²) in [5, 5.41) is 0. The van der Waals surface area contributed by atoms with Gasteiger partial charge < -0.3 is 9.47 Å². The highest BCUT2D eigenvalue weighted by atomic mass is 16.5. The molecular formula is C34H35NO4. The summed E-state index contributed by atoms with van der Waals surface area (Å²) in [5.41, 5.74) is 5.05. The van der Waals surface area contributed by atoms with Gasteiger partial charge in [0, 0.05) is 34.9 Å². The third-order valence-electron chi connectivity index (χ3n) is 7.46. The van der Waals surface area contributed by atoms with Crippen LogP contribution in [0.5, 0.6) is 5.75 Å². The van der Waals surface area contributed by atoms with Crippen LogP contribution in [0.15, 0.2) is 101 Å². The lowest BCUT2D eigenvalue weighted by molar-refractivity contribution is -0.147. The predicted octanol–water partition coefficient (Wildman–Crippen LogP) is 7.04.